The maximum Gasteiger partial charge on any atom is 0.358 e. The van der Waals surface area contributed by atoms with Gasteiger partial charge in [0.1, 0.15) is 18.1 Å². The first-order chi connectivity index (χ1) is 19.7. The van der Waals surface area contributed by atoms with Gasteiger partial charge < -0.3 is 29.5 Å². The van der Waals surface area contributed by atoms with Crippen molar-refractivity contribution in [3.63, 3.8) is 0 Å². The Bertz CT molecular complexity index is 1520. The number of methoxy groups -OCH3 is 1. The van der Waals surface area contributed by atoms with Crippen LogP contribution >= 0.6 is 11.6 Å². The van der Waals surface area contributed by atoms with Gasteiger partial charge in [-0.05, 0) is 48.7 Å². The van der Waals surface area contributed by atoms with Gasteiger partial charge in [0.2, 0.25) is 5.91 Å². The third kappa shape index (κ3) is 7.90. The zero-order valence-electron chi connectivity index (χ0n) is 21.8. The number of carbonyl (C=O) groups excluding carboxylic acids is 2. The number of carboxylic acids is 1. The number of aromatic carboxylic acids is 1. The number of unbranched alkanes of at least 4 members (excludes halogenated alkanes) is 1. The normalized spacial score (nSPS) is 11.6. The summed E-state index contributed by atoms with van der Waals surface area (Å²) in [6.07, 6.45) is 1.94. The van der Waals surface area contributed by atoms with Gasteiger partial charge in [0, 0.05) is 29.7 Å². The number of ether oxygens (including phenoxy) is 2. The Morgan fingerprint density at radius 2 is 1.90 bits per heavy atom. The molecule has 4 rings (SSSR count). The second-order valence-electron chi connectivity index (χ2n) is 8.84. The number of nitrogens with zero attached hydrogens (tertiary/aromatic N) is 4. The Morgan fingerprint density at radius 1 is 1.12 bits per heavy atom. The number of aryl methyl sites for hydroxylation is 1. The SMILES string of the molecule is COC(=O)C(O)c1ccc(NC(=O)CCCCn2cc(COc3ccc(Cl)cc3-c3cc(C(=O)O)no3)nn2)cc1. The fourth-order valence-electron chi connectivity index (χ4n) is 3.77. The number of halogens is 1. The average Bonchev–Trinajstić information content (AvgIpc) is 3.64. The molecule has 214 valence electrons. The van der Waals surface area contributed by atoms with E-state index in [1.807, 2.05) is 0 Å². The lowest BCUT2D eigenvalue weighted by molar-refractivity contribution is -0.150. The van der Waals surface area contributed by atoms with Crippen molar-refractivity contribution in [2.45, 2.75) is 38.5 Å². The molecule has 2 aromatic heterocycles. The molecule has 0 aliphatic carbocycles. The molecule has 2 aromatic carbocycles. The first-order valence-corrected chi connectivity index (χ1v) is 12.8. The van der Waals surface area contributed by atoms with Gasteiger partial charge in [0.05, 0.1) is 18.9 Å². The lowest BCUT2D eigenvalue weighted by Gasteiger charge is -2.10. The monoisotopic (exact) mass is 583 g/mol. The van der Waals surface area contributed by atoms with E-state index in [0.29, 0.717) is 59.1 Å². The van der Waals surface area contributed by atoms with Gasteiger partial charge >= 0.3 is 11.9 Å². The number of esters is 1. The van der Waals surface area contributed by atoms with E-state index in [-0.39, 0.29) is 24.0 Å². The van der Waals surface area contributed by atoms with Crippen LogP contribution in [0.1, 0.15) is 47.1 Å². The maximum absolute atomic E-state index is 12.3. The van der Waals surface area contributed by atoms with Crippen LogP contribution in [0.3, 0.4) is 0 Å². The minimum absolute atomic E-state index is 0.0897. The molecule has 0 spiro atoms. The Morgan fingerprint density at radius 3 is 2.61 bits per heavy atom. The number of hydrogen-bond acceptors (Lipinski definition) is 10. The highest BCUT2D eigenvalue weighted by Crippen LogP contribution is 2.33. The molecule has 1 atom stereocenters. The van der Waals surface area contributed by atoms with Crippen molar-refractivity contribution in [3.8, 4) is 17.1 Å². The number of hydrogen-bond donors (Lipinski definition) is 3. The predicted molar refractivity (Wildman–Crippen MR) is 144 cm³/mol. The Labute approximate surface area is 238 Å². The summed E-state index contributed by atoms with van der Waals surface area (Å²) in [7, 11) is 1.19. The second-order valence-corrected chi connectivity index (χ2v) is 9.27. The van der Waals surface area contributed by atoms with Crippen molar-refractivity contribution in [3.05, 3.63) is 76.7 Å². The zero-order valence-corrected chi connectivity index (χ0v) is 22.6. The minimum atomic E-state index is -1.38. The van der Waals surface area contributed by atoms with Crippen LogP contribution in [-0.4, -0.2) is 55.3 Å². The van der Waals surface area contributed by atoms with Crippen molar-refractivity contribution in [1.29, 1.82) is 0 Å². The Kier molecular flexibility index (Phi) is 9.66. The summed E-state index contributed by atoms with van der Waals surface area (Å²) < 4.78 is 17.2. The van der Waals surface area contributed by atoms with Crippen LogP contribution < -0.4 is 10.1 Å². The summed E-state index contributed by atoms with van der Waals surface area (Å²) in [5, 5.41) is 33.9. The molecule has 14 heteroatoms. The first-order valence-electron chi connectivity index (χ1n) is 12.4. The van der Waals surface area contributed by atoms with Gasteiger partial charge in [-0.15, -0.1) is 5.10 Å². The molecule has 13 nitrogen and oxygen atoms in total. The number of nitrogens with one attached hydrogen (secondary N) is 1. The van der Waals surface area contributed by atoms with Gasteiger partial charge in [-0.25, -0.2) is 9.59 Å². The number of aliphatic hydroxyl groups is 1. The van der Waals surface area contributed by atoms with E-state index in [1.165, 1.54) is 13.2 Å². The topological polar surface area (TPSA) is 179 Å². The molecule has 0 saturated heterocycles. The van der Waals surface area contributed by atoms with Crippen molar-refractivity contribution in [2.24, 2.45) is 0 Å². The molecule has 0 aliphatic rings. The van der Waals surface area contributed by atoms with Gasteiger partial charge in [-0.3, -0.25) is 9.48 Å². The summed E-state index contributed by atoms with van der Waals surface area (Å²) in [6.45, 7) is 0.634. The van der Waals surface area contributed by atoms with Crippen LogP contribution in [0.2, 0.25) is 5.02 Å². The van der Waals surface area contributed by atoms with Gasteiger partial charge in [-0.1, -0.05) is 34.1 Å². The van der Waals surface area contributed by atoms with Crippen molar-refractivity contribution < 1.29 is 38.6 Å². The van der Waals surface area contributed by atoms with Gasteiger partial charge in [-0.2, -0.15) is 0 Å². The number of carboxylic acid groups (broad SMARTS) is 1. The van der Waals surface area contributed by atoms with Crippen LogP contribution in [0.25, 0.3) is 11.3 Å². The molecule has 0 aliphatic heterocycles. The quantitative estimate of drug-likeness (QED) is 0.153. The summed E-state index contributed by atoms with van der Waals surface area (Å²) in [5.41, 5.74) is 1.68. The predicted octanol–water partition coefficient (Wildman–Crippen LogP) is 3.88. The Balaban J connectivity index is 1.22. The summed E-state index contributed by atoms with van der Waals surface area (Å²) in [6, 6.07) is 12.4. The number of anilines is 1. The highest BCUT2D eigenvalue weighted by atomic mass is 35.5. The second kappa shape index (κ2) is 13.5. The molecule has 41 heavy (non-hydrogen) atoms. The van der Waals surface area contributed by atoms with Gasteiger partial charge in [0.25, 0.3) is 0 Å². The standard InChI is InChI=1S/C27H26ClN5O8/c1-39-27(38)25(35)16-5-8-18(9-6-16)29-24(34)4-2-3-11-33-14-19(30-32-33)15-40-22-10-7-17(28)12-20(22)23-13-21(26(36)37)31-41-23/h5-10,12-14,25,35H,2-4,11,15H2,1H3,(H,29,34)(H,36,37). The van der Waals surface area contributed by atoms with E-state index >= 15 is 0 Å². The van der Waals surface area contributed by atoms with Crippen LogP contribution in [0, 0.1) is 0 Å². The average molecular weight is 584 g/mol. The van der Waals surface area contributed by atoms with Crippen LogP contribution in [0.4, 0.5) is 5.69 Å². The van der Waals surface area contributed by atoms with Crippen LogP contribution in [0.15, 0.2) is 59.3 Å². The molecular formula is C27H26ClN5O8. The fraction of sp³-hybridized carbons (Fsp3) is 0.259. The van der Waals surface area contributed by atoms with E-state index in [1.54, 1.807) is 53.3 Å². The summed E-state index contributed by atoms with van der Waals surface area (Å²) in [5.74, 6) is -1.55. The number of amides is 1. The Hall–Kier alpha value is -4.75. The van der Waals surface area contributed by atoms with Crippen LogP contribution in [0.5, 0.6) is 5.75 Å². The lowest BCUT2D eigenvalue weighted by Crippen LogP contribution is -2.14. The lowest BCUT2D eigenvalue weighted by atomic mass is 10.1. The van der Waals surface area contributed by atoms with Crippen molar-refractivity contribution in [2.75, 3.05) is 12.4 Å². The third-order valence-corrected chi connectivity index (χ3v) is 6.11. The molecule has 1 unspecified atom stereocenters. The van der Waals surface area contributed by atoms with E-state index in [2.05, 4.69) is 25.5 Å². The molecule has 0 fully saturated rings. The number of carbonyl (C=O) groups is 3. The number of rotatable bonds is 13. The molecule has 0 saturated carbocycles. The molecular weight excluding hydrogens is 558 g/mol. The number of benzene rings is 2. The number of aliphatic hydroxyl groups excluding tert-OH is 1. The fourth-order valence-corrected chi connectivity index (χ4v) is 3.94. The van der Waals surface area contributed by atoms with Crippen molar-refractivity contribution in [1.82, 2.24) is 20.2 Å². The molecule has 2 heterocycles. The summed E-state index contributed by atoms with van der Waals surface area (Å²) >= 11 is 6.10. The summed E-state index contributed by atoms with van der Waals surface area (Å²) in [4.78, 5) is 34.8. The van der Waals surface area contributed by atoms with Crippen LogP contribution in [-0.2, 0) is 27.5 Å². The van der Waals surface area contributed by atoms with E-state index in [4.69, 9.17) is 26.0 Å². The molecule has 4 aromatic rings. The number of aromatic nitrogens is 4. The largest absolute Gasteiger partial charge is 0.486 e. The van der Waals surface area contributed by atoms with E-state index in [9.17, 15) is 19.5 Å². The molecule has 0 radical (unpaired) electrons. The van der Waals surface area contributed by atoms with E-state index in [0.717, 1.165) is 0 Å². The smallest absolute Gasteiger partial charge is 0.358 e. The zero-order chi connectivity index (χ0) is 29.4. The highest BCUT2D eigenvalue weighted by Gasteiger charge is 2.18. The minimum Gasteiger partial charge on any atom is -0.486 e. The molecule has 0 bridgehead atoms. The molecule has 1 amide bonds. The maximum atomic E-state index is 12.3. The van der Waals surface area contributed by atoms with Gasteiger partial charge in [0.15, 0.2) is 17.6 Å². The van der Waals surface area contributed by atoms with Crippen molar-refractivity contribution >= 4 is 35.1 Å². The highest BCUT2D eigenvalue weighted by molar-refractivity contribution is 6.31. The first kappa shape index (κ1) is 29.2. The third-order valence-electron chi connectivity index (χ3n) is 5.87. The molecule has 3 N–H and O–H groups in total. The van der Waals surface area contributed by atoms with E-state index < -0.39 is 18.0 Å².